The molecule has 5 aliphatic carbocycles. The van der Waals surface area contributed by atoms with Gasteiger partial charge >= 0.3 is 0 Å². The highest BCUT2D eigenvalue weighted by Crippen LogP contribution is 2.51. The van der Waals surface area contributed by atoms with Gasteiger partial charge in [0.25, 0.3) is 0 Å². The summed E-state index contributed by atoms with van der Waals surface area (Å²) in [5.41, 5.74) is 9.09. The molecule has 1 aromatic carbocycles. The molecule has 0 spiro atoms. The van der Waals surface area contributed by atoms with Crippen molar-refractivity contribution in [2.75, 3.05) is 0 Å². The predicted octanol–water partition coefficient (Wildman–Crippen LogP) is 8.39. The highest BCUT2D eigenvalue weighted by atomic mass is 16.5. The third kappa shape index (κ3) is 3.61. The molecule has 5 atom stereocenters. The van der Waals surface area contributed by atoms with Gasteiger partial charge in [-0.05, 0) is 85.3 Å². The van der Waals surface area contributed by atoms with Gasteiger partial charge in [0, 0.05) is 23.1 Å². The monoisotopic (exact) mass is 497 g/mol. The number of rotatable bonds is 3. The topological polar surface area (TPSA) is 12.5 Å². The summed E-state index contributed by atoms with van der Waals surface area (Å²) in [4.78, 5) is 2.79. The van der Waals surface area contributed by atoms with E-state index in [1.54, 1.807) is 11.3 Å². The van der Waals surface area contributed by atoms with Gasteiger partial charge in [0.1, 0.15) is 11.5 Å². The Kier molecular flexibility index (Phi) is 5.35. The van der Waals surface area contributed by atoms with Crippen molar-refractivity contribution in [2.45, 2.75) is 62.9 Å². The zero-order chi connectivity index (χ0) is 25.1. The SMILES string of the molecule is C1=CCCC(C2=CC=CC(N3C4=C(C=CCC4)C4C=C(C5CC=C6Oc7ccccc7C6C5)C=CC43)C2)=C1. The molecule has 0 N–H and O–H groups in total. The van der Waals surface area contributed by atoms with Crippen LogP contribution in [0.25, 0.3) is 0 Å². The Morgan fingerprint density at radius 2 is 1.82 bits per heavy atom. The van der Waals surface area contributed by atoms with Crippen molar-refractivity contribution in [2.24, 2.45) is 11.8 Å². The molecule has 190 valence electrons. The summed E-state index contributed by atoms with van der Waals surface area (Å²) in [6.07, 6.45) is 36.8. The van der Waals surface area contributed by atoms with Crippen molar-refractivity contribution >= 4 is 0 Å². The van der Waals surface area contributed by atoms with Crippen molar-refractivity contribution in [3.8, 4) is 5.75 Å². The molecule has 2 heteroatoms. The van der Waals surface area contributed by atoms with E-state index in [4.69, 9.17) is 4.74 Å². The van der Waals surface area contributed by atoms with Crippen LogP contribution in [0, 0.1) is 11.8 Å². The largest absolute Gasteiger partial charge is 0.461 e. The molecule has 0 saturated heterocycles. The lowest BCUT2D eigenvalue weighted by Crippen LogP contribution is -2.41. The molecule has 5 unspecified atom stereocenters. The van der Waals surface area contributed by atoms with Gasteiger partial charge in [-0.1, -0.05) is 85.0 Å². The Hall–Kier alpha value is -3.52. The first kappa shape index (κ1) is 22.5. The lowest BCUT2D eigenvalue weighted by molar-refractivity contribution is 0.240. The summed E-state index contributed by atoms with van der Waals surface area (Å²) >= 11 is 0. The van der Waals surface area contributed by atoms with Crippen molar-refractivity contribution in [1.29, 1.82) is 0 Å². The van der Waals surface area contributed by atoms with Crippen LogP contribution in [0.4, 0.5) is 0 Å². The molecule has 8 rings (SSSR count). The minimum absolute atomic E-state index is 0.405. The number of ether oxygens (including phenoxy) is 1. The highest BCUT2D eigenvalue weighted by Gasteiger charge is 2.43. The average molecular weight is 498 g/mol. The van der Waals surface area contributed by atoms with Crippen LogP contribution in [0.5, 0.6) is 5.75 Å². The van der Waals surface area contributed by atoms with Crippen LogP contribution in [-0.2, 0) is 0 Å². The van der Waals surface area contributed by atoms with E-state index >= 15 is 0 Å². The van der Waals surface area contributed by atoms with Crippen molar-refractivity contribution < 1.29 is 4.74 Å². The van der Waals surface area contributed by atoms with Crippen LogP contribution >= 0.6 is 0 Å². The summed E-state index contributed by atoms with van der Waals surface area (Å²) in [5.74, 6) is 3.64. The molecule has 1 aromatic rings. The minimum atomic E-state index is 0.405. The maximum absolute atomic E-state index is 6.20. The number of hydrogen-bond donors (Lipinski definition) is 0. The minimum Gasteiger partial charge on any atom is -0.461 e. The molecule has 0 aromatic heterocycles. The van der Waals surface area contributed by atoms with Gasteiger partial charge in [0.15, 0.2) is 0 Å². The summed E-state index contributed by atoms with van der Waals surface area (Å²) in [6.45, 7) is 0. The molecule has 2 heterocycles. The summed E-state index contributed by atoms with van der Waals surface area (Å²) < 4.78 is 6.20. The van der Waals surface area contributed by atoms with Gasteiger partial charge < -0.3 is 9.64 Å². The fraction of sp³-hybridized carbons (Fsp3) is 0.333. The molecular weight excluding hydrogens is 462 g/mol. The van der Waals surface area contributed by atoms with E-state index in [1.165, 1.54) is 40.9 Å². The van der Waals surface area contributed by atoms with Gasteiger partial charge in [-0.15, -0.1) is 0 Å². The molecule has 0 amide bonds. The molecule has 0 radical (unpaired) electrons. The molecule has 38 heavy (non-hydrogen) atoms. The van der Waals surface area contributed by atoms with E-state index in [2.05, 4.69) is 102 Å². The van der Waals surface area contributed by atoms with Crippen LogP contribution < -0.4 is 4.74 Å². The molecule has 0 saturated carbocycles. The number of hydrogen-bond acceptors (Lipinski definition) is 2. The fourth-order valence-corrected chi connectivity index (χ4v) is 7.87. The van der Waals surface area contributed by atoms with Crippen LogP contribution in [0.2, 0.25) is 0 Å². The second-order valence-corrected chi connectivity index (χ2v) is 11.8. The Morgan fingerprint density at radius 3 is 2.76 bits per heavy atom. The number of allylic oxidation sites excluding steroid dienone is 13. The molecular formula is C36H35NO. The van der Waals surface area contributed by atoms with Crippen LogP contribution in [0.3, 0.4) is 0 Å². The van der Waals surface area contributed by atoms with Gasteiger partial charge in [-0.2, -0.15) is 0 Å². The number of fused-ring (bicyclic) bond motifs is 5. The third-order valence-electron chi connectivity index (χ3n) is 9.70. The van der Waals surface area contributed by atoms with Crippen LogP contribution in [0.1, 0.15) is 56.4 Å². The zero-order valence-corrected chi connectivity index (χ0v) is 21.9. The summed E-state index contributed by atoms with van der Waals surface area (Å²) in [6, 6.07) is 9.46. The molecule has 2 nitrogen and oxygen atoms in total. The van der Waals surface area contributed by atoms with Crippen molar-refractivity contribution in [3.05, 3.63) is 136 Å². The predicted molar refractivity (Wildman–Crippen MR) is 154 cm³/mol. The van der Waals surface area contributed by atoms with Gasteiger partial charge in [0.2, 0.25) is 0 Å². The molecule has 2 aliphatic heterocycles. The Labute approximate surface area is 226 Å². The van der Waals surface area contributed by atoms with E-state index in [-0.39, 0.29) is 0 Å². The summed E-state index contributed by atoms with van der Waals surface area (Å²) in [7, 11) is 0. The first-order valence-corrected chi connectivity index (χ1v) is 14.6. The number of benzene rings is 1. The second-order valence-electron chi connectivity index (χ2n) is 11.8. The number of nitrogens with zero attached hydrogens (tertiary/aromatic N) is 1. The first-order valence-electron chi connectivity index (χ1n) is 14.6. The molecule has 7 aliphatic rings. The smallest absolute Gasteiger partial charge is 0.130 e. The van der Waals surface area contributed by atoms with Crippen molar-refractivity contribution in [1.82, 2.24) is 4.90 Å². The lowest BCUT2D eigenvalue weighted by atomic mass is 9.75. The third-order valence-corrected chi connectivity index (χ3v) is 9.70. The molecule has 0 fully saturated rings. The standard InChI is InChI=1S/C36H35NO/c1-2-9-24(10-3-1)25-11-8-12-28(21-25)37-33-15-6-4-13-29(33)31-22-26(17-19-34(31)37)27-18-20-36-32(23-27)30-14-5-7-16-35(30)38-36/h1-2,4-5,7-9,11-14,16-17,19-20,22,27-28,31-32,34H,3,6,10,15,18,21,23H2. The second kappa shape index (κ2) is 9.05. The maximum atomic E-state index is 6.20. The van der Waals surface area contributed by atoms with Crippen LogP contribution in [-0.4, -0.2) is 17.0 Å². The zero-order valence-electron chi connectivity index (χ0n) is 21.9. The number of para-hydroxylation sites is 1. The van der Waals surface area contributed by atoms with E-state index in [0.29, 0.717) is 29.8 Å². The Morgan fingerprint density at radius 1 is 0.895 bits per heavy atom. The van der Waals surface area contributed by atoms with Gasteiger partial charge in [-0.3, -0.25) is 0 Å². The maximum Gasteiger partial charge on any atom is 0.130 e. The Bertz CT molecular complexity index is 1450. The Balaban J connectivity index is 1.07. The van der Waals surface area contributed by atoms with E-state index in [1.807, 2.05) is 0 Å². The summed E-state index contributed by atoms with van der Waals surface area (Å²) in [5, 5.41) is 0. The van der Waals surface area contributed by atoms with Crippen molar-refractivity contribution in [3.63, 3.8) is 0 Å². The average Bonchev–Trinajstić information content (AvgIpc) is 3.53. The lowest BCUT2D eigenvalue weighted by Gasteiger charge is -2.39. The van der Waals surface area contributed by atoms with E-state index in [9.17, 15) is 0 Å². The molecule has 0 bridgehead atoms. The van der Waals surface area contributed by atoms with E-state index in [0.717, 1.165) is 37.9 Å². The van der Waals surface area contributed by atoms with E-state index < -0.39 is 0 Å². The normalized spacial score (nSPS) is 32.5. The van der Waals surface area contributed by atoms with Gasteiger partial charge in [-0.25, -0.2) is 0 Å². The quantitative estimate of drug-likeness (QED) is 0.416. The fourth-order valence-electron chi connectivity index (χ4n) is 7.87. The van der Waals surface area contributed by atoms with Gasteiger partial charge in [0.05, 0.1) is 12.1 Å². The highest BCUT2D eigenvalue weighted by molar-refractivity contribution is 5.51. The van der Waals surface area contributed by atoms with Crippen LogP contribution in [0.15, 0.2) is 131 Å². The first-order chi connectivity index (χ1) is 18.8.